The molecule has 1 saturated carbocycles. The van der Waals surface area contributed by atoms with Gasteiger partial charge in [0.2, 0.25) is 5.13 Å². The molecule has 0 radical (unpaired) electrons. The Labute approximate surface area is 114 Å². The predicted octanol–water partition coefficient (Wildman–Crippen LogP) is 1.86. The van der Waals surface area contributed by atoms with Gasteiger partial charge < -0.3 is 5.32 Å². The smallest absolute Gasteiger partial charge is 0.321 e. The fourth-order valence-corrected chi connectivity index (χ4v) is 2.51. The Morgan fingerprint density at radius 3 is 3.21 bits per heavy atom. The van der Waals surface area contributed by atoms with Crippen LogP contribution in [-0.4, -0.2) is 27.8 Å². The van der Waals surface area contributed by atoms with Crippen LogP contribution < -0.4 is 10.6 Å². The van der Waals surface area contributed by atoms with E-state index < -0.39 is 0 Å². The zero-order valence-electron chi connectivity index (χ0n) is 10.1. The van der Waals surface area contributed by atoms with E-state index in [4.69, 9.17) is 0 Å². The number of rotatable bonds is 4. The molecule has 0 unspecified atom stereocenters. The summed E-state index contributed by atoms with van der Waals surface area (Å²) in [6, 6.07) is 3.80. The molecule has 1 fully saturated rings. The van der Waals surface area contributed by atoms with E-state index in [2.05, 4.69) is 31.9 Å². The van der Waals surface area contributed by atoms with Crippen molar-refractivity contribution >= 4 is 22.5 Å². The minimum Gasteiger partial charge on any atom is -0.338 e. The van der Waals surface area contributed by atoms with E-state index in [9.17, 15) is 4.79 Å². The van der Waals surface area contributed by atoms with Gasteiger partial charge in [-0.2, -0.15) is 0 Å². The Balaban J connectivity index is 1.43. The number of pyridine rings is 1. The maximum atomic E-state index is 11.6. The summed E-state index contributed by atoms with van der Waals surface area (Å²) < 4.78 is 0. The lowest BCUT2D eigenvalue weighted by Gasteiger charge is -2.04. The third-order valence-corrected chi connectivity index (χ3v) is 3.75. The summed E-state index contributed by atoms with van der Waals surface area (Å²) in [5.41, 5.74) is 2.83. The molecule has 2 atom stereocenters. The highest BCUT2D eigenvalue weighted by molar-refractivity contribution is 7.13. The van der Waals surface area contributed by atoms with Gasteiger partial charge in [-0.15, -0.1) is 10.2 Å². The van der Waals surface area contributed by atoms with Crippen LogP contribution in [0.4, 0.5) is 9.93 Å². The molecule has 19 heavy (non-hydrogen) atoms. The van der Waals surface area contributed by atoms with Crippen LogP contribution in [0.1, 0.15) is 17.9 Å². The second-order valence-corrected chi connectivity index (χ2v) is 5.30. The molecule has 0 aromatic carbocycles. The fraction of sp³-hybridized carbons (Fsp3) is 0.333. The van der Waals surface area contributed by atoms with Crippen molar-refractivity contribution in [3.63, 3.8) is 0 Å². The van der Waals surface area contributed by atoms with E-state index in [1.165, 1.54) is 16.9 Å². The van der Waals surface area contributed by atoms with Crippen molar-refractivity contribution < 1.29 is 4.79 Å². The first-order valence-corrected chi connectivity index (χ1v) is 6.92. The molecule has 0 bridgehead atoms. The zero-order chi connectivity index (χ0) is 13.1. The van der Waals surface area contributed by atoms with E-state index in [1.807, 2.05) is 12.3 Å². The summed E-state index contributed by atoms with van der Waals surface area (Å²) in [6.45, 7) is 0.671. The van der Waals surface area contributed by atoms with Crippen molar-refractivity contribution in [1.29, 1.82) is 0 Å². The van der Waals surface area contributed by atoms with Gasteiger partial charge in [-0.3, -0.25) is 10.3 Å². The van der Waals surface area contributed by atoms with Gasteiger partial charge in [0.25, 0.3) is 0 Å². The number of amides is 2. The number of nitrogens with one attached hydrogen (secondary N) is 2. The highest BCUT2D eigenvalue weighted by Gasteiger charge is 2.38. The van der Waals surface area contributed by atoms with Crippen LogP contribution >= 0.6 is 11.3 Å². The lowest BCUT2D eigenvalue weighted by atomic mass is 10.1. The van der Waals surface area contributed by atoms with Crippen molar-refractivity contribution in [2.75, 3.05) is 11.9 Å². The fourth-order valence-electron chi connectivity index (χ4n) is 2.07. The van der Waals surface area contributed by atoms with Crippen molar-refractivity contribution in [2.45, 2.75) is 12.3 Å². The van der Waals surface area contributed by atoms with Crippen molar-refractivity contribution in [3.8, 4) is 0 Å². The number of aromatic nitrogens is 3. The van der Waals surface area contributed by atoms with E-state index in [0.29, 0.717) is 23.5 Å². The molecule has 0 aliphatic heterocycles. The topological polar surface area (TPSA) is 79.8 Å². The third-order valence-electron chi connectivity index (χ3n) is 3.14. The molecule has 2 aromatic heterocycles. The highest BCUT2D eigenvalue weighted by atomic mass is 32.1. The number of carbonyl (C=O) groups excluding carboxylic acids is 1. The molecule has 2 heterocycles. The second-order valence-electron chi connectivity index (χ2n) is 4.47. The van der Waals surface area contributed by atoms with Crippen LogP contribution in [0.15, 0.2) is 30.0 Å². The quantitative estimate of drug-likeness (QED) is 0.892. The Hall–Kier alpha value is -2.02. The van der Waals surface area contributed by atoms with Crippen molar-refractivity contribution in [3.05, 3.63) is 35.6 Å². The van der Waals surface area contributed by atoms with Crippen LogP contribution in [0.5, 0.6) is 0 Å². The molecule has 98 valence electrons. The van der Waals surface area contributed by atoms with E-state index in [1.54, 1.807) is 11.7 Å². The molecule has 2 aromatic rings. The first-order chi connectivity index (χ1) is 9.33. The Morgan fingerprint density at radius 1 is 1.53 bits per heavy atom. The second kappa shape index (κ2) is 5.31. The number of hydrogen-bond donors (Lipinski definition) is 2. The zero-order valence-corrected chi connectivity index (χ0v) is 10.9. The number of nitrogens with zero attached hydrogens (tertiary/aromatic N) is 3. The lowest BCUT2D eigenvalue weighted by Crippen LogP contribution is -2.30. The number of urea groups is 1. The van der Waals surface area contributed by atoms with Crippen molar-refractivity contribution in [2.24, 2.45) is 5.92 Å². The summed E-state index contributed by atoms with van der Waals surface area (Å²) in [6.07, 6.45) is 4.77. The first kappa shape index (κ1) is 12.0. The molecule has 0 saturated heterocycles. The number of anilines is 1. The van der Waals surface area contributed by atoms with Crippen LogP contribution in [0, 0.1) is 5.92 Å². The normalized spacial score (nSPS) is 20.8. The maximum absolute atomic E-state index is 11.6. The predicted molar refractivity (Wildman–Crippen MR) is 72.0 cm³/mol. The van der Waals surface area contributed by atoms with E-state index in [0.717, 1.165) is 6.42 Å². The summed E-state index contributed by atoms with van der Waals surface area (Å²) >= 11 is 1.30. The minimum atomic E-state index is -0.228. The maximum Gasteiger partial charge on any atom is 0.321 e. The summed E-state index contributed by atoms with van der Waals surface area (Å²) in [4.78, 5) is 15.7. The standard InChI is InChI=1S/C12H13N5OS/c18-11(16-12-17-15-7-19-12)14-6-9-4-10(9)8-2-1-3-13-5-8/h1-3,5,7,9-10H,4,6H2,(H2,14,16,17,18)/t9-,10-/m0/s1. The minimum absolute atomic E-state index is 0.228. The van der Waals surface area contributed by atoms with E-state index >= 15 is 0 Å². The van der Waals surface area contributed by atoms with E-state index in [-0.39, 0.29) is 6.03 Å². The van der Waals surface area contributed by atoms with Crippen molar-refractivity contribution in [1.82, 2.24) is 20.5 Å². The summed E-state index contributed by atoms with van der Waals surface area (Å²) in [5.74, 6) is 1.03. The summed E-state index contributed by atoms with van der Waals surface area (Å²) in [7, 11) is 0. The van der Waals surface area contributed by atoms with Gasteiger partial charge in [0, 0.05) is 18.9 Å². The Kier molecular flexibility index (Phi) is 3.37. The third kappa shape index (κ3) is 3.05. The molecule has 2 N–H and O–H groups in total. The summed E-state index contributed by atoms with van der Waals surface area (Å²) in [5, 5.41) is 13.4. The van der Waals surface area contributed by atoms with Gasteiger partial charge in [-0.1, -0.05) is 17.4 Å². The molecule has 6 nitrogen and oxygen atoms in total. The average Bonchev–Trinajstić information content (AvgIpc) is 3.05. The SMILES string of the molecule is O=C(NC[C@@H]1C[C@H]1c1cccnc1)Nc1nncs1. The molecule has 1 aliphatic carbocycles. The van der Waals surface area contributed by atoms with Gasteiger partial charge in [0.15, 0.2) is 0 Å². The average molecular weight is 275 g/mol. The van der Waals surface area contributed by atoms with Gasteiger partial charge in [-0.05, 0) is 29.9 Å². The molecule has 2 amide bonds. The van der Waals surface area contributed by atoms with Crippen LogP contribution in [0.25, 0.3) is 0 Å². The number of carbonyl (C=O) groups is 1. The van der Waals surface area contributed by atoms with Crippen LogP contribution in [0.2, 0.25) is 0 Å². The Morgan fingerprint density at radius 2 is 2.47 bits per heavy atom. The lowest BCUT2D eigenvalue weighted by molar-refractivity contribution is 0.251. The monoisotopic (exact) mass is 275 g/mol. The molecular formula is C12H13N5OS. The molecule has 3 rings (SSSR count). The van der Waals surface area contributed by atoms with Gasteiger partial charge in [0.1, 0.15) is 5.51 Å². The van der Waals surface area contributed by atoms with Gasteiger partial charge in [0.05, 0.1) is 0 Å². The largest absolute Gasteiger partial charge is 0.338 e. The van der Waals surface area contributed by atoms with Gasteiger partial charge >= 0.3 is 6.03 Å². The highest BCUT2D eigenvalue weighted by Crippen LogP contribution is 2.46. The molecule has 0 spiro atoms. The van der Waals surface area contributed by atoms with Crippen LogP contribution in [-0.2, 0) is 0 Å². The number of hydrogen-bond acceptors (Lipinski definition) is 5. The first-order valence-electron chi connectivity index (χ1n) is 6.04. The molecule has 1 aliphatic rings. The van der Waals surface area contributed by atoms with Crippen LogP contribution in [0.3, 0.4) is 0 Å². The van der Waals surface area contributed by atoms with Gasteiger partial charge in [-0.25, -0.2) is 4.79 Å². The molecular weight excluding hydrogens is 262 g/mol. The molecule has 7 heteroatoms. The Bertz CT molecular complexity index is 545.